The molecule has 0 aliphatic carbocycles. The van der Waals surface area contributed by atoms with Crippen LogP contribution >= 0.6 is 0 Å². The van der Waals surface area contributed by atoms with Crippen LogP contribution in [0.4, 0.5) is 4.79 Å². The minimum Gasteiger partial charge on any atom is -0.480 e. The molecule has 7 heteroatoms. The summed E-state index contributed by atoms with van der Waals surface area (Å²) in [5.74, 6) is -2.00. The first-order chi connectivity index (χ1) is 7.20. The SMILES string of the molecule is CC(C)(C)OC(=O)OC(=O)CNCC(=O)O. The van der Waals surface area contributed by atoms with Gasteiger partial charge < -0.3 is 14.6 Å². The standard InChI is InChI=1S/C9H15NO6/c1-9(2,3)16-8(14)15-7(13)5-10-4-6(11)12/h10H,4-5H2,1-3H3,(H,11,12). The Bertz CT molecular complexity index is 280. The Morgan fingerprint density at radius 1 is 1.19 bits per heavy atom. The third-order valence-electron chi connectivity index (χ3n) is 1.13. The van der Waals surface area contributed by atoms with Crippen molar-refractivity contribution >= 4 is 18.1 Å². The number of hydrogen-bond donors (Lipinski definition) is 2. The van der Waals surface area contributed by atoms with Crippen LogP contribution in [-0.2, 0) is 19.1 Å². The van der Waals surface area contributed by atoms with E-state index < -0.39 is 23.7 Å². The van der Waals surface area contributed by atoms with E-state index in [9.17, 15) is 14.4 Å². The molecule has 0 amide bonds. The lowest BCUT2D eigenvalue weighted by molar-refractivity contribution is -0.140. The van der Waals surface area contributed by atoms with Gasteiger partial charge in [-0.15, -0.1) is 0 Å². The number of ether oxygens (including phenoxy) is 2. The zero-order valence-electron chi connectivity index (χ0n) is 9.40. The number of esters is 1. The van der Waals surface area contributed by atoms with Crippen molar-refractivity contribution in [1.82, 2.24) is 5.32 Å². The summed E-state index contributed by atoms with van der Waals surface area (Å²) in [6.45, 7) is 4.12. The Balaban J connectivity index is 3.79. The van der Waals surface area contributed by atoms with E-state index in [4.69, 9.17) is 9.84 Å². The quantitative estimate of drug-likeness (QED) is 0.526. The molecule has 0 aromatic carbocycles. The van der Waals surface area contributed by atoms with Gasteiger partial charge in [0.25, 0.3) is 0 Å². The molecule has 92 valence electrons. The van der Waals surface area contributed by atoms with Gasteiger partial charge in [0.1, 0.15) is 5.60 Å². The number of rotatable bonds is 4. The normalized spacial score (nSPS) is 10.7. The number of carbonyl (C=O) groups excluding carboxylic acids is 2. The molecule has 0 saturated carbocycles. The monoisotopic (exact) mass is 233 g/mol. The van der Waals surface area contributed by atoms with Crippen LogP contribution in [-0.4, -0.2) is 41.9 Å². The van der Waals surface area contributed by atoms with Crippen molar-refractivity contribution in [3.8, 4) is 0 Å². The summed E-state index contributed by atoms with van der Waals surface area (Å²) in [4.78, 5) is 32.0. The number of aliphatic carboxylic acids is 1. The lowest BCUT2D eigenvalue weighted by atomic mass is 10.2. The van der Waals surface area contributed by atoms with Crippen LogP contribution in [0.2, 0.25) is 0 Å². The van der Waals surface area contributed by atoms with Gasteiger partial charge in [-0.05, 0) is 20.8 Å². The fourth-order valence-electron chi connectivity index (χ4n) is 0.671. The van der Waals surface area contributed by atoms with Crippen molar-refractivity contribution in [2.45, 2.75) is 26.4 Å². The molecule has 0 spiro atoms. The molecular weight excluding hydrogens is 218 g/mol. The highest BCUT2D eigenvalue weighted by molar-refractivity contribution is 5.83. The van der Waals surface area contributed by atoms with E-state index in [1.165, 1.54) is 0 Å². The predicted molar refractivity (Wildman–Crippen MR) is 52.8 cm³/mol. The first-order valence-corrected chi connectivity index (χ1v) is 4.57. The van der Waals surface area contributed by atoms with Gasteiger partial charge in [0.05, 0.1) is 13.1 Å². The van der Waals surface area contributed by atoms with Crippen LogP contribution in [0.3, 0.4) is 0 Å². The largest absolute Gasteiger partial charge is 0.516 e. The van der Waals surface area contributed by atoms with Gasteiger partial charge >= 0.3 is 18.1 Å². The summed E-state index contributed by atoms with van der Waals surface area (Å²) >= 11 is 0. The van der Waals surface area contributed by atoms with Crippen molar-refractivity contribution in [3.63, 3.8) is 0 Å². The number of carbonyl (C=O) groups is 3. The van der Waals surface area contributed by atoms with Crippen LogP contribution in [0.5, 0.6) is 0 Å². The second-order valence-corrected chi connectivity index (χ2v) is 3.94. The molecule has 0 aliphatic rings. The van der Waals surface area contributed by atoms with Gasteiger partial charge in [0.2, 0.25) is 0 Å². The maximum Gasteiger partial charge on any atom is 0.516 e. The van der Waals surface area contributed by atoms with Crippen molar-refractivity contribution < 1.29 is 29.0 Å². The summed E-state index contributed by atoms with van der Waals surface area (Å²) in [5.41, 5.74) is -0.744. The number of carboxylic acids is 1. The topological polar surface area (TPSA) is 102 Å². The van der Waals surface area contributed by atoms with Crippen molar-refractivity contribution in [3.05, 3.63) is 0 Å². The van der Waals surface area contributed by atoms with Gasteiger partial charge in [-0.2, -0.15) is 0 Å². The Morgan fingerprint density at radius 3 is 2.19 bits per heavy atom. The van der Waals surface area contributed by atoms with Gasteiger partial charge in [0.15, 0.2) is 0 Å². The maximum absolute atomic E-state index is 11.0. The Morgan fingerprint density at radius 2 is 1.75 bits per heavy atom. The first kappa shape index (κ1) is 14.4. The third-order valence-corrected chi connectivity index (χ3v) is 1.13. The second kappa shape index (κ2) is 6.06. The first-order valence-electron chi connectivity index (χ1n) is 4.57. The maximum atomic E-state index is 11.0. The van der Waals surface area contributed by atoms with Crippen molar-refractivity contribution in [2.24, 2.45) is 0 Å². The number of nitrogens with one attached hydrogen (secondary N) is 1. The van der Waals surface area contributed by atoms with Crippen LogP contribution in [0, 0.1) is 0 Å². The van der Waals surface area contributed by atoms with E-state index in [0.717, 1.165) is 0 Å². The highest BCUT2D eigenvalue weighted by Gasteiger charge is 2.19. The Hall–Kier alpha value is -1.63. The van der Waals surface area contributed by atoms with Crippen LogP contribution in [0.1, 0.15) is 20.8 Å². The Kier molecular flexibility index (Phi) is 5.44. The number of hydrogen-bond acceptors (Lipinski definition) is 6. The zero-order valence-corrected chi connectivity index (χ0v) is 9.40. The minimum absolute atomic E-state index is 0.370. The summed E-state index contributed by atoms with van der Waals surface area (Å²) in [7, 11) is 0. The molecule has 0 fully saturated rings. The van der Waals surface area contributed by atoms with Gasteiger partial charge in [-0.1, -0.05) is 0 Å². The van der Waals surface area contributed by atoms with Crippen LogP contribution in [0.25, 0.3) is 0 Å². The molecule has 7 nitrogen and oxygen atoms in total. The fraction of sp³-hybridized carbons (Fsp3) is 0.667. The minimum atomic E-state index is -1.11. The van der Waals surface area contributed by atoms with Crippen molar-refractivity contribution in [1.29, 1.82) is 0 Å². The molecule has 0 aliphatic heterocycles. The molecule has 0 atom stereocenters. The van der Waals surface area contributed by atoms with E-state index in [1.54, 1.807) is 20.8 Å². The van der Waals surface area contributed by atoms with Crippen LogP contribution < -0.4 is 5.32 Å². The fourth-order valence-corrected chi connectivity index (χ4v) is 0.671. The molecule has 2 N–H and O–H groups in total. The van der Waals surface area contributed by atoms with Crippen LogP contribution in [0.15, 0.2) is 0 Å². The smallest absolute Gasteiger partial charge is 0.480 e. The summed E-state index contributed by atoms with van der Waals surface area (Å²) < 4.78 is 8.96. The average Bonchev–Trinajstić information content (AvgIpc) is 1.98. The van der Waals surface area contributed by atoms with Gasteiger partial charge in [-0.3, -0.25) is 14.9 Å². The number of carboxylic acid groups (broad SMARTS) is 1. The van der Waals surface area contributed by atoms with Gasteiger partial charge in [-0.25, -0.2) is 4.79 Å². The molecule has 0 unspecified atom stereocenters. The molecule has 0 aromatic rings. The third kappa shape index (κ3) is 8.95. The molecule has 0 saturated heterocycles. The van der Waals surface area contributed by atoms with E-state index in [-0.39, 0.29) is 13.1 Å². The zero-order chi connectivity index (χ0) is 12.8. The molecule has 0 radical (unpaired) electrons. The second-order valence-electron chi connectivity index (χ2n) is 3.94. The predicted octanol–water partition coefficient (Wildman–Crippen LogP) is 0.139. The lowest BCUT2D eigenvalue weighted by Crippen LogP contribution is -2.32. The van der Waals surface area contributed by atoms with Crippen molar-refractivity contribution in [2.75, 3.05) is 13.1 Å². The van der Waals surface area contributed by atoms with E-state index in [2.05, 4.69) is 10.1 Å². The summed E-state index contributed by atoms with van der Waals surface area (Å²) in [6, 6.07) is 0. The van der Waals surface area contributed by atoms with E-state index >= 15 is 0 Å². The summed E-state index contributed by atoms with van der Waals surface area (Å²) in [5, 5.41) is 10.5. The van der Waals surface area contributed by atoms with E-state index in [0.29, 0.717) is 0 Å². The molecule has 16 heavy (non-hydrogen) atoms. The molecular formula is C9H15NO6. The molecule has 0 bridgehead atoms. The van der Waals surface area contributed by atoms with E-state index in [1.807, 2.05) is 0 Å². The summed E-state index contributed by atoms with van der Waals surface area (Å²) in [6.07, 6.45) is -1.10. The average molecular weight is 233 g/mol. The molecule has 0 aromatic heterocycles. The highest BCUT2D eigenvalue weighted by atomic mass is 16.7. The molecule has 0 rings (SSSR count). The molecule has 0 heterocycles. The Labute approximate surface area is 92.7 Å². The highest BCUT2D eigenvalue weighted by Crippen LogP contribution is 2.07. The van der Waals surface area contributed by atoms with Gasteiger partial charge in [0, 0.05) is 0 Å². The lowest BCUT2D eigenvalue weighted by Gasteiger charge is -2.18.